The number of hydrogen-bond donors (Lipinski definition) is 2. The van der Waals surface area contributed by atoms with Crippen molar-refractivity contribution in [2.24, 2.45) is 0 Å². The Kier molecular flexibility index (Phi) is 7.33. The summed E-state index contributed by atoms with van der Waals surface area (Å²) < 4.78 is 11.0. The fourth-order valence-electron chi connectivity index (χ4n) is 2.60. The first-order valence-electron chi connectivity index (χ1n) is 8.88. The third-order valence-electron chi connectivity index (χ3n) is 3.98. The van der Waals surface area contributed by atoms with Gasteiger partial charge >= 0.3 is 0 Å². The number of nitrogens with one attached hydrogen (secondary N) is 2. The van der Waals surface area contributed by atoms with E-state index >= 15 is 0 Å². The Morgan fingerprint density at radius 3 is 3.07 bits per heavy atom. The smallest absolute Gasteiger partial charge is 0.228 e. The number of carbonyl (C=O) groups is 2. The average molecular weight is 410 g/mol. The first-order valence-corrected chi connectivity index (χ1v) is 10.6. The normalized spacial score (nSPS) is 16.4. The van der Waals surface area contributed by atoms with Gasteiger partial charge in [-0.3, -0.25) is 9.59 Å². The van der Waals surface area contributed by atoms with E-state index in [9.17, 15) is 9.59 Å². The van der Waals surface area contributed by atoms with Gasteiger partial charge in [0.25, 0.3) is 0 Å². The number of amides is 2. The number of anilines is 1. The molecule has 0 spiro atoms. The van der Waals surface area contributed by atoms with Gasteiger partial charge in [0, 0.05) is 23.8 Å². The Labute approximate surface area is 166 Å². The van der Waals surface area contributed by atoms with E-state index < -0.39 is 0 Å². The van der Waals surface area contributed by atoms with Crippen LogP contribution in [-0.2, 0) is 25.6 Å². The maximum Gasteiger partial charge on any atom is 0.228 e. The molecule has 2 aromatic rings. The molecule has 1 unspecified atom stereocenters. The number of hydrogen-bond acceptors (Lipinski definition) is 7. The lowest BCUT2D eigenvalue weighted by Crippen LogP contribution is -2.18. The molecule has 2 N–H and O–H groups in total. The van der Waals surface area contributed by atoms with Gasteiger partial charge in [0.05, 0.1) is 42.9 Å². The van der Waals surface area contributed by atoms with E-state index in [1.807, 2.05) is 17.5 Å². The number of carbonyl (C=O) groups excluding carboxylic acids is 2. The van der Waals surface area contributed by atoms with Crippen LogP contribution in [0.1, 0.15) is 31.1 Å². The average Bonchev–Trinajstić information content (AvgIpc) is 3.38. The predicted octanol–water partition coefficient (Wildman–Crippen LogP) is 3.03. The third-order valence-corrected chi connectivity index (χ3v) is 5.84. The Hall–Kier alpha value is -1.81. The number of ether oxygens (including phenoxy) is 2. The monoisotopic (exact) mass is 409 g/mol. The van der Waals surface area contributed by atoms with Crippen molar-refractivity contribution >= 4 is 39.6 Å². The van der Waals surface area contributed by atoms with Gasteiger partial charge in [-0.05, 0) is 25.0 Å². The highest BCUT2D eigenvalue weighted by Crippen LogP contribution is 2.30. The van der Waals surface area contributed by atoms with E-state index in [1.54, 1.807) is 11.3 Å². The van der Waals surface area contributed by atoms with E-state index in [2.05, 4.69) is 15.6 Å². The Balaban J connectivity index is 1.41. The van der Waals surface area contributed by atoms with Crippen LogP contribution in [0.3, 0.4) is 0 Å². The minimum Gasteiger partial charge on any atom is -0.378 e. The number of rotatable bonds is 9. The fourth-order valence-corrected chi connectivity index (χ4v) is 4.31. The minimum absolute atomic E-state index is 0.0524. The van der Waals surface area contributed by atoms with Gasteiger partial charge in [-0.1, -0.05) is 0 Å². The second kappa shape index (κ2) is 9.93. The first-order chi connectivity index (χ1) is 13.1. The van der Waals surface area contributed by atoms with Crippen LogP contribution in [0.2, 0.25) is 0 Å². The lowest BCUT2D eigenvalue weighted by molar-refractivity contribution is -0.119. The summed E-state index contributed by atoms with van der Waals surface area (Å²) in [5.74, 6) is -0.163. The zero-order valence-corrected chi connectivity index (χ0v) is 16.8. The van der Waals surface area contributed by atoms with Crippen molar-refractivity contribution in [3.63, 3.8) is 0 Å². The summed E-state index contributed by atoms with van der Waals surface area (Å²) in [5, 5.41) is 8.08. The Morgan fingerprint density at radius 1 is 1.41 bits per heavy atom. The Bertz CT molecular complexity index is 768. The van der Waals surface area contributed by atoms with Crippen molar-refractivity contribution in [1.82, 2.24) is 10.3 Å². The van der Waals surface area contributed by atoms with Gasteiger partial charge in [-0.15, -0.1) is 22.7 Å². The highest BCUT2D eigenvalue weighted by molar-refractivity contribution is 7.17. The van der Waals surface area contributed by atoms with Gasteiger partial charge in [0.1, 0.15) is 0 Å². The van der Waals surface area contributed by atoms with E-state index in [-0.39, 0.29) is 17.9 Å². The predicted molar refractivity (Wildman–Crippen MR) is 106 cm³/mol. The van der Waals surface area contributed by atoms with Crippen molar-refractivity contribution in [2.45, 2.75) is 38.8 Å². The maximum atomic E-state index is 12.0. The molecule has 3 heterocycles. The van der Waals surface area contributed by atoms with E-state index in [0.717, 1.165) is 34.9 Å². The molecule has 1 fully saturated rings. The van der Waals surface area contributed by atoms with Gasteiger partial charge in [-0.25, -0.2) is 4.98 Å². The molecule has 3 rings (SSSR count). The molecule has 0 saturated carbocycles. The maximum absolute atomic E-state index is 12.0. The van der Waals surface area contributed by atoms with Crippen molar-refractivity contribution in [3.8, 4) is 10.6 Å². The number of thiazole rings is 1. The Morgan fingerprint density at radius 2 is 2.30 bits per heavy atom. The molecule has 2 amide bonds. The van der Waals surface area contributed by atoms with Crippen LogP contribution in [0.15, 0.2) is 17.5 Å². The van der Waals surface area contributed by atoms with Crippen LogP contribution >= 0.6 is 22.7 Å². The molecule has 27 heavy (non-hydrogen) atoms. The lowest BCUT2D eigenvalue weighted by atomic mass is 10.2. The number of nitrogens with zero attached hydrogens (tertiary/aromatic N) is 1. The quantitative estimate of drug-likeness (QED) is 0.622. The molecule has 1 aliphatic heterocycles. The van der Waals surface area contributed by atoms with Crippen LogP contribution in [0, 0.1) is 0 Å². The molecule has 2 aromatic heterocycles. The van der Waals surface area contributed by atoms with E-state index in [0.29, 0.717) is 31.3 Å². The van der Waals surface area contributed by atoms with Crippen LogP contribution in [0.5, 0.6) is 0 Å². The summed E-state index contributed by atoms with van der Waals surface area (Å²) in [6.07, 6.45) is 2.58. The fraction of sp³-hybridized carbons (Fsp3) is 0.500. The van der Waals surface area contributed by atoms with Crippen LogP contribution in [0.4, 0.5) is 5.13 Å². The summed E-state index contributed by atoms with van der Waals surface area (Å²) in [6.45, 7) is 3.74. The molecule has 0 bridgehead atoms. The highest BCUT2D eigenvalue weighted by atomic mass is 32.1. The molecule has 0 radical (unpaired) electrons. The van der Waals surface area contributed by atoms with Crippen molar-refractivity contribution in [3.05, 3.63) is 22.4 Å². The molecule has 146 valence electrons. The summed E-state index contributed by atoms with van der Waals surface area (Å²) >= 11 is 2.97. The molecule has 1 aliphatic rings. The van der Waals surface area contributed by atoms with Gasteiger partial charge < -0.3 is 20.1 Å². The van der Waals surface area contributed by atoms with Crippen LogP contribution in [0.25, 0.3) is 10.6 Å². The van der Waals surface area contributed by atoms with Crippen molar-refractivity contribution < 1.29 is 19.1 Å². The number of aromatic nitrogens is 1. The van der Waals surface area contributed by atoms with Crippen LogP contribution < -0.4 is 10.6 Å². The first kappa shape index (κ1) is 19.9. The summed E-state index contributed by atoms with van der Waals surface area (Å²) in [5.41, 5.74) is 0.823. The second-order valence-corrected chi connectivity index (χ2v) is 8.25. The molecule has 0 aromatic carbocycles. The SMILES string of the molecule is CC(=O)NCc1ccc(-c2csc(NC(=O)CCOCC3CCCO3)n2)s1. The molecule has 9 heteroatoms. The standard InChI is InChI=1S/C18H23N3O4S2/c1-12(22)19-9-14-4-5-16(27-14)15-11-26-18(20-15)21-17(23)6-8-24-10-13-3-2-7-25-13/h4-5,11,13H,2-3,6-10H2,1H3,(H,19,22)(H,20,21,23). The van der Waals surface area contributed by atoms with Crippen molar-refractivity contribution in [1.29, 1.82) is 0 Å². The summed E-state index contributed by atoms with van der Waals surface area (Å²) in [7, 11) is 0. The summed E-state index contributed by atoms with van der Waals surface area (Å²) in [6, 6.07) is 3.94. The summed E-state index contributed by atoms with van der Waals surface area (Å²) in [4.78, 5) is 29.5. The topological polar surface area (TPSA) is 89.6 Å². The van der Waals surface area contributed by atoms with Crippen LogP contribution in [-0.4, -0.2) is 42.7 Å². The van der Waals surface area contributed by atoms with E-state index in [1.165, 1.54) is 18.3 Å². The van der Waals surface area contributed by atoms with Gasteiger partial charge in [0.15, 0.2) is 5.13 Å². The highest BCUT2D eigenvalue weighted by Gasteiger charge is 2.15. The molecule has 7 nitrogen and oxygen atoms in total. The molecular formula is C18H23N3O4S2. The van der Waals surface area contributed by atoms with Crippen molar-refractivity contribution in [2.75, 3.05) is 25.1 Å². The van der Waals surface area contributed by atoms with E-state index in [4.69, 9.17) is 9.47 Å². The molecule has 1 atom stereocenters. The zero-order chi connectivity index (χ0) is 19.1. The molecule has 0 aliphatic carbocycles. The minimum atomic E-state index is -0.110. The zero-order valence-electron chi connectivity index (χ0n) is 15.2. The molecule has 1 saturated heterocycles. The lowest BCUT2D eigenvalue weighted by Gasteiger charge is -2.09. The molecular weight excluding hydrogens is 386 g/mol. The third kappa shape index (κ3) is 6.39. The van der Waals surface area contributed by atoms with Gasteiger partial charge in [0.2, 0.25) is 11.8 Å². The number of thiophene rings is 1. The second-order valence-electron chi connectivity index (χ2n) is 6.22. The largest absolute Gasteiger partial charge is 0.378 e. The van der Waals surface area contributed by atoms with Gasteiger partial charge in [-0.2, -0.15) is 0 Å².